The fourth-order valence-electron chi connectivity index (χ4n) is 2.16. The lowest BCUT2D eigenvalue weighted by Gasteiger charge is -2.32. The average Bonchev–Trinajstić information content (AvgIpc) is 2.39. The van der Waals surface area contributed by atoms with E-state index in [0.29, 0.717) is 23.9 Å². The molecule has 0 N–H and O–H groups in total. The third kappa shape index (κ3) is 2.76. The Balaban J connectivity index is 2.13. The quantitative estimate of drug-likeness (QED) is 0.804. The van der Waals surface area contributed by atoms with E-state index in [0.717, 1.165) is 31.3 Å². The first-order chi connectivity index (χ1) is 8.26. The minimum Gasteiger partial charge on any atom is -0.354 e. The molecule has 1 aliphatic heterocycles. The summed E-state index contributed by atoms with van der Waals surface area (Å²) >= 11 is 3.51. The number of aromatic nitrogens is 2. The van der Waals surface area contributed by atoms with Gasteiger partial charge in [-0.25, -0.2) is 14.4 Å². The Labute approximate surface area is 110 Å². The lowest BCUT2D eigenvalue weighted by Crippen LogP contribution is -2.35. The maximum Gasteiger partial charge on any atom is 0.187 e. The van der Waals surface area contributed by atoms with Gasteiger partial charge in [0, 0.05) is 18.4 Å². The van der Waals surface area contributed by atoms with Gasteiger partial charge >= 0.3 is 0 Å². The summed E-state index contributed by atoms with van der Waals surface area (Å²) in [6, 6.07) is 0. The van der Waals surface area contributed by atoms with Crippen molar-refractivity contribution in [2.24, 2.45) is 5.92 Å². The second-order valence-electron chi connectivity index (χ2n) is 4.40. The minimum atomic E-state index is -0.243. The van der Waals surface area contributed by atoms with Crippen molar-refractivity contribution in [3.63, 3.8) is 0 Å². The molecule has 0 amide bonds. The molecule has 0 saturated carbocycles. The molecular formula is C12H17BrFN3. The second-order valence-corrected chi connectivity index (χ2v) is 5.04. The zero-order chi connectivity index (χ0) is 12.3. The summed E-state index contributed by atoms with van der Waals surface area (Å²) in [5.74, 6) is 0.943. The van der Waals surface area contributed by atoms with Crippen LogP contribution in [0.5, 0.6) is 0 Å². The molecule has 0 bridgehead atoms. The third-order valence-electron chi connectivity index (χ3n) is 3.31. The molecule has 0 atom stereocenters. The standard InChI is InChI=1S/C12H17BrFN3/c1-2-10-11(14)12(16-8-15-10)17-5-3-9(7-13)4-6-17/h8-9H,2-7H2,1H3. The summed E-state index contributed by atoms with van der Waals surface area (Å²) in [6.45, 7) is 3.67. The van der Waals surface area contributed by atoms with Crippen molar-refractivity contribution in [2.75, 3.05) is 23.3 Å². The van der Waals surface area contributed by atoms with Crippen LogP contribution in [0.25, 0.3) is 0 Å². The van der Waals surface area contributed by atoms with E-state index in [1.165, 1.54) is 6.33 Å². The van der Waals surface area contributed by atoms with Crippen LogP contribution in [-0.4, -0.2) is 28.4 Å². The molecule has 1 aromatic heterocycles. The highest BCUT2D eigenvalue weighted by atomic mass is 79.9. The summed E-state index contributed by atoms with van der Waals surface area (Å²) in [7, 11) is 0. The van der Waals surface area contributed by atoms with Crippen molar-refractivity contribution < 1.29 is 4.39 Å². The normalized spacial score (nSPS) is 17.5. The van der Waals surface area contributed by atoms with Gasteiger partial charge in [-0.2, -0.15) is 0 Å². The van der Waals surface area contributed by atoms with E-state index >= 15 is 0 Å². The van der Waals surface area contributed by atoms with Crippen molar-refractivity contribution in [1.29, 1.82) is 0 Å². The highest BCUT2D eigenvalue weighted by Gasteiger charge is 2.22. The van der Waals surface area contributed by atoms with Crippen LogP contribution >= 0.6 is 15.9 Å². The van der Waals surface area contributed by atoms with E-state index in [1.54, 1.807) is 0 Å². The first-order valence-electron chi connectivity index (χ1n) is 6.06. The average molecular weight is 302 g/mol. The van der Waals surface area contributed by atoms with Crippen LogP contribution in [0.15, 0.2) is 6.33 Å². The molecule has 0 aliphatic carbocycles. The number of rotatable bonds is 3. The SMILES string of the molecule is CCc1ncnc(N2CCC(CBr)CC2)c1F. The predicted octanol–water partition coefficient (Wildman–Crippen LogP) is 2.79. The summed E-state index contributed by atoms with van der Waals surface area (Å²) < 4.78 is 14.1. The lowest BCUT2D eigenvalue weighted by atomic mass is 9.99. The Morgan fingerprint density at radius 1 is 1.41 bits per heavy atom. The van der Waals surface area contributed by atoms with E-state index in [4.69, 9.17) is 0 Å². The fourth-order valence-corrected chi connectivity index (χ4v) is 2.81. The number of nitrogens with zero attached hydrogens (tertiary/aromatic N) is 3. The predicted molar refractivity (Wildman–Crippen MR) is 70.1 cm³/mol. The number of hydrogen-bond donors (Lipinski definition) is 0. The van der Waals surface area contributed by atoms with Crippen LogP contribution in [-0.2, 0) is 6.42 Å². The maximum atomic E-state index is 14.1. The van der Waals surface area contributed by atoms with Crippen LogP contribution < -0.4 is 4.90 Å². The Kier molecular flexibility index (Phi) is 4.31. The monoisotopic (exact) mass is 301 g/mol. The summed E-state index contributed by atoms with van der Waals surface area (Å²) in [5.41, 5.74) is 0.512. The van der Waals surface area contributed by atoms with Gasteiger partial charge in [0.1, 0.15) is 6.33 Å². The second kappa shape index (κ2) is 5.76. The molecular weight excluding hydrogens is 285 g/mol. The van der Waals surface area contributed by atoms with E-state index in [9.17, 15) is 4.39 Å². The minimum absolute atomic E-state index is 0.243. The number of halogens is 2. The molecule has 1 fully saturated rings. The topological polar surface area (TPSA) is 29.0 Å². The van der Waals surface area contributed by atoms with Gasteiger partial charge in [-0.15, -0.1) is 0 Å². The Morgan fingerprint density at radius 3 is 2.71 bits per heavy atom. The molecule has 17 heavy (non-hydrogen) atoms. The molecule has 1 aromatic rings. The molecule has 0 unspecified atom stereocenters. The van der Waals surface area contributed by atoms with Crippen LogP contribution in [0.1, 0.15) is 25.5 Å². The van der Waals surface area contributed by atoms with Gasteiger partial charge < -0.3 is 4.90 Å². The van der Waals surface area contributed by atoms with Crippen molar-refractivity contribution in [3.8, 4) is 0 Å². The Bertz CT molecular complexity index is 378. The summed E-state index contributed by atoms with van der Waals surface area (Å²) in [4.78, 5) is 10.1. The van der Waals surface area contributed by atoms with Gasteiger partial charge in [0.2, 0.25) is 0 Å². The van der Waals surface area contributed by atoms with E-state index in [2.05, 4.69) is 25.9 Å². The van der Waals surface area contributed by atoms with Gasteiger partial charge in [0.05, 0.1) is 5.69 Å². The van der Waals surface area contributed by atoms with Crippen molar-refractivity contribution in [2.45, 2.75) is 26.2 Å². The zero-order valence-electron chi connectivity index (χ0n) is 9.99. The first-order valence-corrected chi connectivity index (χ1v) is 7.18. The fraction of sp³-hybridized carbons (Fsp3) is 0.667. The summed E-state index contributed by atoms with van der Waals surface area (Å²) in [5, 5.41) is 1.04. The van der Waals surface area contributed by atoms with E-state index in [-0.39, 0.29) is 5.82 Å². The number of hydrogen-bond acceptors (Lipinski definition) is 3. The Hall–Kier alpha value is -0.710. The maximum absolute atomic E-state index is 14.1. The van der Waals surface area contributed by atoms with Crippen LogP contribution in [0.4, 0.5) is 10.2 Å². The van der Waals surface area contributed by atoms with Crippen molar-refractivity contribution in [1.82, 2.24) is 9.97 Å². The van der Waals surface area contributed by atoms with Crippen LogP contribution in [0.3, 0.4) is 0 Å². The lowest BCUT2D eigenvalue weighted by molar-refractivity contribution is 0.439. The smallest absolute Gasteiger partial charge is 0.187 e. The number of aryl methyl sites for hydroxylation is 1. The Morgan fingerprint density at radius 2 is 2.12 bits per heavy atom. The molecule has 0 radical (unpaired) electrons. The summed E-state index contributed by atoms with van der Waals surface area (Å²) in [6.07, 6.45) is 4.26. The number of alkyl halides is 1. The number of anilines is 1. The first kappa shape index (κ1) is 12.7. The molecule has 2 rings (SSSR count). The third-order valence-corrected chi connectivity index (χ3v) is 4.23. The number of piperidine rings is 1. The highest BCUT2D eigenvalue weighted by molar-refractivity contribution is 9.09. The molecule has 0 aromatic carbocycles. The molecule has 0 spiro atoms. The van der Waals surface area contributed by atoms with Crippen LogP contribution in [0.2, 0.25) is 0 Å². The van der Waals surface area contributed by atoms with Gasteiger partial charge in [-0.1, -0.05) is 22.9 Å². The molecule has 2 heterocycles. The van der Waals surface area contributed by atoms with Gasteiger partial charge in [-0.3, -0.25) is 0 Å². The van der Waals surface area contributed by atoms with Gasteiger partial charge in [0.15, 0.2) is 11.6 Å². The molecule has 1 aliphatic rings. The molecule has 5 heteroatoms. The van der Waals surface area contributed by atoms with Gasteiger partial charge in [0.25, 0.3) is 0 Å². The molecule has 3 nitrogen and oxygen atoms in total. The largest absolute Gasteiger partial charge is 0.354 e. The van der Waals surface area contributed by atoms with Crippen molar-refractivity contribution in [3.05, 3.63) is 17.8 Å². The van der Waals surface area contributed by atoms with Crippen molar-refractivity contribution >= 4 is 21.7 Å². The molecule has 1 saturated heterocycles. The van der Waals surface area contributed by atoms with Gasteiger partial charge in [-0.05, 0) is 25.2 Å². The van der Waals surface area contributed by atoms with E-state index < -0.39 is 0 Å². The van der Waals surface area contributed by atoms with E-state index in [1.807, 2.05) is 11.8 Å². The highest BCUT2D eigenvalue weighted by Crippen LogP contribution is 2.25. The molecule has 94 valence electrons. The van der Waals surface area contributed by atoms with Crippen LogP contribution in [0, 0.1) is 11.7 Å². The zero-order valence-corrected chi connectivity index (χ0v) is 11.6.